The van der Waals surface area contributed by atoms with E-state index >= 15 is 0 Å². The molecule has 2 heterocycles. The van der Waals surface area contributed by atoms with E-state index in [4.69, 9.17) is 10.5 Å². The third-order valence-electron chi connectivity index (χ3n) is 4.30. The Labute approximate surface area is 142 Å². The Hall–Kier alpha value is -1.38. The van der Waals surface area contributed by atoms with Crippen LogP contribution in [0.3, 0.4) is 0 Å². The van der Waals surface area contributed by atoms with Crippen molar-refractivity contribution >= 4 is 45.4 Å². The molecule has 0 spiro atoms. The molecule has 1 saturated carbocycles. The van der Waals surface area contributed by atoms with Crippen molar-refractivity contribution in [2.24, 2.45) is 5.92 Å². The molecule has 6 nitrogen and oxygen atoms in total. The molecule has 1 fully saturated rings. The van der Waals surface area contributed by atoms with E-state index in [0.717, 1.165) is 40.3 Å². The van der Waals surface area contributed by atoms with Gasteiger partial charge < -0.3 is 15.0 Å². The predicted molar refractivity (Wildman–Crippen MR) is 92.3 cm³/mol. The lowest BCUT2D eigenvalue weighted by Crippen LogP contribution is -2.25. The number of anilines is 1. The molecule has 0 unspecified atom stereocenters. The standard InChI is InChI=1S/C15H19IN4O2/c1-2-22-15(21)9-3-5-10(6-4-9)20-7-11(16)12-13(17)18-8-19-14(12)20/h7-10H,2-6H2,1H3,(H2,17,18,19)/t9-,10+. The van der Waals surface area contributed by atoms with Gasteiger partial charge in [-0.05, 0) is 55.2 Å². The largest absolute Gasteiger partial charge is 0.466 e. The first-order valence-corrected chi connectivity index (χ1v) is 8.62. The van der Waals surface area contributed by atoms with Crippen molar-refractivity contribution in [3.05, 3.63) is 16.1 Å². The summed E-state index contributed by atoms with van der Waals surface area (Å²) in [6.45, 7) is 2.30. The Morgan fingerprint density at radius 2 is 2.14 bits per heavy atom. The number of nitrogens with two attached hydrogens (primary N) is 1. The van der Waals surface area contributed by atoms with Gasteiger partial charge in [-0.1, -0.05) is 0 Å². The normalized spacial score (nSPS) is 21.9. The van der Waals surface area contributed by atoms with Crippen LogP contribution in [0.25, 0.3) is 11.0 Å². The highest BCUT2D eigenvalue weighted by atomic mass is 127. The first-order valence-electron chi connectivity index (χ1n) is 7.55. The Balaban J connectivity index is 1.80. The summed E-state index contributed by atoms with van der Waals surface area (Å²) in [7, 11) is 0. The topological polar surface area (TPSA) is 83.0 Å². The molecule has 22 heavy (non-hydrogen) atoms. The quantitative estimate of drug-likeness (QED) is 0.617. The van der Waals surface area contributed by atoms with Gasteiger partial charge in [-0.25, -0.2) is 9.97 Å². The zero-order valence-corrected chi connectivity index (χ0v) is 14.6. The second kappa shape index (κ2) is 6.39. The zero-order chi connectivity index (χ0) is 15.7. The molecule has 0 aliphatic heterocycles. The third-order valence-corrected chi connectivity index (χ3v) is 5.12. The van der Waals surface area contributed by atoms with Crippen molar-refractivity contribution in [1.29, 1.82) is 0 Å². The van der Waals surface area contributed by atoms with E-state index in [1.807, 2.05) is 6.92 Å². The number of hydrogen-bond donors (Lipinski definition) is 1. The highest BCUT2D eigenvalue weighted by molar-refractivity contribution is 14.1. The molecule has 0 aromatic carbocycles. The van der Waals surface area contributed by atoms with E-state index < -0.39 is 0 Å². The van der Waals surface area contributed by atoms with Gasteiger partial charge in [-0.2, -0.15) is 0 Å². The van der Waals surface area contributed by atoms with Gasteiger partial charge in [0.2, 0.25) is 0 Å². The van der Waals surface area contributed by atoms with Crippen LogP contribution in [0.15, 0.2) is 12.5 Å². The molecule has 7 heteroatoms. The lowest BCUT2D eigenvalue weighted by atomic mass is 9.86. The number of esters is 1. The van der Waals surface area contributed by atoms with E-state index in [9.17, 15) is 4.79 Å². The monoisotopic (exact) mass is 414 g/mol. The van der Waals surface area contributed by atoms with Crippen LogP contribution in [-0.4, -0.2) is 27.1 Å². The Morgan fingerprint density at radius 3 is 2.82 bits per heavy atom. The SMILES string of the molecule is CCOC(=O)[C@H]1CC[C@@H](n2cc(I)c3c(N)ncnc32)CC1. The molecule has 0 radical (unpaired) electrons. The minimum atomic E-state index is -0.0561. The van der Waals surface area contributed by atoms with Crippen molar-refractivity contribution in [2.45, 2.75) is 38.6 Å². The number of rotatable bonds is 3. The Morgan fingerprint density at radius 1 is 1.41 bits per heavy atom. The lowest BCUT2D eigenvalue weighted by molar-refractivity contribution is -0.149. The Bertz CT molecular complexity index is 692. The molecule has 0 atom stereocenters. The van der Waals surface area contributed by atoms with Gasteiger partial charge in [0.25, 0.3) is 0 Å². The van der Waals surface area contributed by atoms with Crippen molar-refractivity contribution < 1.29 is 9.53 Å². The molecule has 118 valence electrons. The summed E-state index contributed by atoms with van der Waals surface area (Å²) in [5.74, 6) is 0.504. The molecule has 2 aromatic rings. The molecule has 2 N–H and O–H groups in total. The summed E-state index contributed by atoms with van der Waals surface area (Å²) in [5.41, 5.74) is 6.85. The van der Waals surface area contributed by atoms with Crippen LogP contribution in [0.1, 0.15) is 38.6 Å². The molecule has 1 aliphatic carbocycles. The summed E-state index contributed by atoms with van der Waals surface area (Å²) < 4.78 is 8.39. The number of carbonyl (C=O) groups excluding carboxylic acids is 1. The van der Waals surface area contributed by atoms with Gasteiger partial charge in [0.1, 0.15) is 17.8 Å². The number of hydrogen-bond acceptors (Lipinski definition) is 5. The molecule has 0 amide bonds. The number of nitrogen functional groups attached to an aromatic ring is 1. The molecular weight excluding hydrogens is 395 g/mol. The highest BCUT2D eigenvalue weighted by Gasteiger charge is 2.29. The number of aromatic nitrogens is 3. The van der Waals surface area contributed by atoms with E-state index in [2.05, 4.69) is 43.3 Å². The molecule has 2 aromatic heterocycles. The summed E-state index contributed by atoms with van der Waals surface area (Å²) in [6, 6.07) is 0.353. The van der Waals surface area contributed by atoms with E-state index in [1.165, 1.54) is 6.33 Å². The van der Waals surface area contributed by atoms with Gasteiger partial charge in [-0.3, -0.25) is 4.79 Å². The molecule has 3 rings (SSSR count). The average Bonchev–Trinajstić information content (AvgIpc) is 2.86. The molecule has 0 saturated heterocycles. The van der Waals surface area contributed by atoms with Gasteiger partial charge in [0, 0.05) is 15.8 Å². The maximum absolute atomic E-state index is 11.8. The molecular formula is C15H19IN4O2. The number of halogens is 1. The fourth-order valence-electron chi connectivity index (χ4n) is 3.19. The third kappa shape index (κ3) is 2.78. The summed E-state index contributed by atoms with van der Waals surface area (Å²) in [4.78, 5) is 20.3. The van der Waals surface area contributed by atoms with Gasteiger partial charge >= 0.3 is 5.97 Å². The first-order chi connectivity index (χ1) is 10.6. The number of fused-ring (bicyclic) bond motifs is 1. The highest BCUT2D eigenvalue weighted by Crippen LogP contribution is 2.36. The van der Waals surface area contributed by atoms with Crippen molar-refractivity contribution in [3.63, 3.8) is 0 Å². The number of nitrogens with zero attached hydrogens (tertiary/aromatic N) is 3. The van der Waals surface area contributed by atoms with E-state index in [0.29, 0.717) is 18.5 Å². The van der Waals surface area contributed by atoms with E-state index in [1.54, 1.807) is 0 Å². The van der Waals surface area contributed by atoms with Crippen LogP contribution < -0.4 is 5.73 Å². The predicted octanol–water partition coefficient (Wildman–Crippen LogP) is 2.91. The lowest BCUT2D eigenvalue weighted by Gasteiger charge is -2.28. The fraction of sp³-hybridized carbons (Fsp3) is 0.533. The number of carbonyl (C=O) groups is 1. The van der Waals surface area contributed by atoms with Crippen LogP contribution >= 0.6 is 22.6 Å². The maximum atomic E-state index is 11.8. The van der Waals surface area contributed by atoms with Crippen LogP contribution in [0.2, 0.25) is 0 Å². The Kier molecular flexibility index (Phi) is 4.51. The smallest absolute Gasteiger partial charge is 0.308 e. The van der Waals surface area contributed by atoms with Crippen molar-refractivity contribution in [3.8, 4) is 0 Å². The summed E-state index contributed by atoms with van der Waals surface area (Å²) in [5, 5.41) is 0.926. The van der Waals surface area contributed by atoms with E-state index in [-0.39, 0.29) is 11.9 Å². The molecule has 0 bridgehead atoms. The fourth-order valence-corrected chi connectivity index (χ4v) is 4.01. The van der Waals surface area contributed by atoms with Gasteiger partial charge in [0.15, 0.2) is 0 Å². The second-order valence-electron chi connectivity index (χ2n) is 5.60. The minimum Gasteiger partial charge on any atom is -0.466 e. The van der Waals surface area contributed by atoms with Gasteiger partial charge in [0.05, 0.1) is 17.9 Å². The number of ether oxygens (including phenoxy) is 1. The van der Waals surface area contributed by atoms with Crippen LogP contribution in [0.4, 0.5) is 5.82 Å². The first kappa shape index (κ1) is 15.5. The van der Waals surface area contributed by atoms with Crippen LogP contribution in [-0.2, 0) is 9.53 Å². The van der Waals surface area contributed by atoms with Crippen molar-refractivity contribution in [1.82, 2.24) is 14.5 Å². The summed E-state index contributed by atoms with van der Waals surface area (Å²) >= 11 is 2.27. The second-order valence-corrected chi connectivity index (χ2v) is 6.76. The zero-order valence-electron chi connectivity index (χ0n) is 12.5. The summed E-state index contributed by atoms with van der Waals surface area (Å²) in [6.07, 6.45) is 7.22. The average molecular weight is 414 g/mol. The van der Waals surface area contributed by atoms with Gasteiger partial charge in [-0.15, -0.1) is 0 Å². The minimum absolute atomic E-state index is 0.0387. The van der Waals surface area contributed by atoms with Crippen LogP contribution in [0.5, 0.6) is 0 Å². The maximum Gasteiger partial charge on any atom is 0.308 e. The van der Waals surface area contributed by atoms with Crippen LogP contribution in [0, 0.1) is 9.49 Å². The molecule has 1 aliphatic rings. The van der Waals surface area contributed by atoms with Crippen molar-refractivity contribution in [2.75, 3.05) is 12.3 Å².